The molecule has 138 valence electrons. The van der Waals surface area contributed by atoms with Gasteiger partial charge in [0.05, 0.1) is 4.90 Å². The van der Waals surface area contributed by atoms with Crippen LogP contribution in [-0.2, 0) is 0 Å². The summed E-state index contributed by atoms with van der Waals surface area (Å²) >= 11 is 0.932. The van der Waals surface area contributed by atoms with Gasteiger partial charge in [-0.15, -0.1) is 0 Å². The minimum absolute atomic E-state index is 0.226. The maximum atomic E-state index is 14.3. The number of nitriles is 1. The topological polar surface area (TPSA) is 23.8 Å². The fourth-order valence-corrected chi connectivity index (χ4v) is 5.01. The Morgan fingerprint density at radius 3 is 2.44 bits per heavy atom. The number of rotatable bonds is 8. The highest BCUT2D eigenvalue weighted by Crippen LogP contribution is 2.42. The second-order valence-corrected chi connectivity index (χ2v) is 8.44. The number of nitrogens with zero attached hydrogens (tertiary/aromatic N) is 1. The zero-order chi connectivity index (χ0) is 18.2. The quantitative estimate of drug-likeness (QED) is 0.352. The average Bonchev–Trinajstić information content (AvgIpc) is 2.62. The molecule has 2 rings (SSSR count). The predicted molar refractivity (Wildman–Crippen MR) is 105 cm³/mol. The van der Waals surface area contributed by atoms with Gasteiger partial charge in [-0.2, -0.15) is 5.26 Å². The van der Waals surface area contributed by atoms with Gasteiger partial charge in [-0.1, -0.05) is 52.0 Å². The molecule has 1 aromatic rings. The second-order valence-electron chi connectivity index (χ2n) is 7.64. The normalized spacial score (nSPS) is 21.7. The standard InChI is InChI=1S/C22H32FNS/c1-4-6-8-17(7-5-2)18-9-11-19(12-10-18)20-13-16(3)22(25-15-24)21(23)14-20/h13-14,17-19H,4-12H2,1-3H3. The number of thiocyanates is 1. The summed E-state index contributed by atoms with van der Waals surface area (Å²) in [6.07, 6.45) is 11.6. The van der Waals surface area contributed by atoms with Crippen LogP contribution in [0.2, 0.25) is 0 Å². The van der Waals surface area contributed by atoms with E-state index in [1.165, 1.54) is 57.8 Å². The molecular formula is C22H32FNS. The zero-order valence-corrected chi connectivity index (χ0v) is 16.8. The number of benzene rings is 1. The Morgan fingerprint density at radius 2 is 1.88 bits per heavy atom. The van der Waals surface area contributed by atoms with Crippen molar-refractivity contribution in [2.24, 2.45) is 11.8 Å². The minimum atomic E-state index is -0.226. The molecule has 0 aromatic heterocycles. The van der Waals surface area contributed by atoms with Crippen LogP contribution in [-0.4, -0.2) is 0 Å². The predicted octanol–water partition coefficient (Wildman–Crippen LogP) is 7.59. The fraction of sp³-hybridized carbons (Fsp3) is 0.682. The Hall–Kier alpha value is -1.01. The first kappa shape index (κ1) is 20.3. The highest BCUT2D eigenvalue weighted by molar-refractivity contribution is 8.03. The molecule has 0 bridgehead atoms. The van der Waals surface area contributed by atoms with E-state index in [0.717, 1.165) is 34.7 Å². The van der Waals surface area contributed by atoms with Crippen molar-refractivity contribution in [3.05, 3.63) is 29.1 Å². The van der Waals surface area contributed by atoms with Crippen molar-refractivity contribution in [2.75, 3.05) is 0 Å². The van der Waals surface area contributed by atoms with Gasteiger partial charge in [0.1, 0.15) is 11.2 Å². The van der Waals surface area contributed by atoms with Crippen molar-refractivity contribution in [1.29, 1.82) is 5.26 Å². The molecule has 0 amide bonds. The summed E-state index contributed by atoms with van der Waals surface area (Å²) in [5, 5.41) is 10.8. The van der Waals surface area contributed by atoms with Gasteiger partial charge in [0.2, 0.25) is 0 Å². The summed E-state index contributed by atoms with van der Waals surface area (Å²) in [6.45, 7) is 6.50. The average molecular weight is 362 g/mol. The monoisotopic (exact) mass is 361 g/mol. The molecule has 1 fully saturated rings. The van der Waals surface area contributed by atoms with E-state index in [0.29, 0.717) is 10.8 Å². The molecule has 1 atom stereocenters. The number of thioether (sulfide) groups is 1. The van der Waals surface area contributed by atoms with E-state index >= 15 is 0 Å². The van der Waals surface area contributed by atoms with Gasteiger partial charge >= 0.3 is 0 Å². The first-order valence-electron chi connectivity index (χ1n) is 9.96. The highest BCUT2D eigenvalue weighted by Gasteiger charge is 2.28. The number of hydrogen-bond donors (Lipinski definition) is 0. The first-order chi connectivity index (χ1) is 12.1. The van der Waals surface area contributed by atoms with Gasteiger partial charge in [-0.3, -0.25) is 0 Å². The molecule has 0 spiro atoms. The molecule has 0 N–H and O–H groups in total. The molecule has 0 aliphatic heterocycles. The zero-order valence-electron chi connectivity index (χ0n) is 16.0. The van der Waals surface area contributed by atoms with Crippen molar-refractivity contribution in [3.8, 4) is 5.40 Å². The maximum Gasteiger partial charge on any atom is 0.138 e. The Kier molecular flexibility index (Phi) is 8.30. The van der Waals surface area contributed by atoms with Crippen molar-refractivity contribution >= 4 is 11.8 Å². The molecule has 1 nitrogen and oxygen atoms in total. The molecule has 1 saturated carbocycles. The number of unbranched alkanes of at least 4 members (excludes halogenated alkanes) is 1. The van der Waals surface area contributed by atoms with Gasteiger partial charge in [-0.05, 0) is 79.3 Å². The maximum absolute atomic E-state index is 14.3. The third-order valence-electron chi connectivity index (χ3n) is 5.90. The van der Waals surface area contributed by atoms with Crippen molar-refractivity contribution in [2.45, 2.75) is 89.4 Å². The van der Waals surface area contributed by atoms with Gasteiger partial charge in [-0.25, -0.2) is 4.39 Å². The number of halogens is 1. The largest absolute Gasteiger partial charge is 0.206 e. The summed E-state index contributed by atoms with van der Waals surface area (Å²) in [4.78, 5) is 0.488. The SMILES string of the molecule is CCCCC(CCC)C1CCC(c2cc(C)c(SC#N)c(F)c2)CC1. The molecule has 0 saturated heterocycles. The van der Waals surface area contributed by atoms with E-state index in [4.69, 9.17) is 5.26 Å². The number of aryl methyl sites for hydroxylation is 1. The van der Waals surface area contributed by atoms with Crippen molar-refractivity contribution in [1.82, 2.24) is 0 Å². The van der Waals surface area contributed by atoms with Crippen LogP contribution in [0.15, 0.2) is 17.0 Å². The third kappa shape index (κ3) is 5.48. The van der Waals surface area contributed by atoms with Crippen LogP contribution in [0.25, 0.3) is 0 Å². The summed E-state index contributed by atoms with van der Waals surface area (Å²) in [7, 11) is 0. The minimum Gasteiger partial charge on any atom is -0.206 e. The summed E-state index contributed by atoms with van der Waals surface area (Å²) < 4.78 is 14.3. The lowest BCUT2D eigenvalue weighted by Crippen LogP contribution is -2.21. The highest BCUT2D eigenvalue weighted by atomic mass is 32.2. The molecular weight excluding hydrogens is 329 g/mol. The van der Waals surface area contributed by atoms with Gasteiger partial charge in [0.15, 0.2) is 0 Å². The molecule has 3 heteroatoms. The van der Waals surface area contributed by atoms with E-state index in [1.807, 2.05) is 12.3 Å². The lowest BCUT2D eigenvalue weighted by molar-refractivity contribution is 0.206. The van der Waals surface area contributed by atoms with Crippen LogP contribution in [0.1, 0.15) is 88.7 Å². The molecule has 1 aliphatic rings. The molecule has 0 radical (unpaired) electrons. The number of hydrogen-bond acceptors (Lipinski definition) is 2. The van der Waals surface area contributed by atoms with E-state index in [1.54, 1.807) is 6.07 Å². The second kappa shape index (κ2) is 10.2. The van der Waals surface area contributed by atoms with Crippen LogP contribution in [0.4, 0.5) is 4.39 Å². The summed E-state index contributed by atoms with van der Waals surface area (Å²) in [5.74, 6) is 2.01. The van der Waals surface area contributed by atoms with Gasteiger partial charge in [0.25, 0.3) is 0 Å². The summed E-state index contributed by atoms with van der Waals surface area (Å²) in [5.41, 5.74) is 2.03. The molecule has 1 unspecified atom stereocenters. The molecule has 0 heterocycles. The van der Waals surface area contributed by atoms with Crippen LogP contribution < -0.4 is 0 Å². The lowest BCUT2D eigenvalue weighted by Gasteiger charge is -2.34. The van der Waals surface area contributed by atoms with Gasteiger partial charge < -0.3 is 0 Å². The van der Waals surface area contributed by atoms with E-state index in [2.05, 4.69) is 19.9 Å². The smallest absolute Gasteiger partial charge is 0.138 e. The van der Waals surface area contributed by atoms with Crippen LogP contribution >= 0.6 is 11.8 Å². The third-order valence-corrected chi connectivity index (χ3v) is 6.71. The molecule has 1 aromatic carbocycles. The van der Waals surface area contributed by atoms with Crippen LogP contribution in [0.3, 0.4) is 0 Å². The van der Waals surface area contributed by atoms with Crippen LogP contribution in [0, 0.1) is 35.2 Å². The molecule has 25 heavy (non-hydrogen) atoms. The van der Waals surface area contributed by atoms with E-state index < -0.39 is 0 Å². The lowest BCUT2D eigenvalue weighted by atomic mass is 9.71. The Labute approximate surface area is 157 Å². The first-order valence-corrected chi connectivity index (χ1v) is 10.8. The van der Waals surface area contributed by atoms with Crippen molar-refractivity contribution < 1.29 is 4.39 Å². The summed E-state index contributed by atoms with van der Waals surface area (Å²) in [6, 6.07) is 3.78. The van der Waals surface area contributed by atoms with E-state index in [9.17, 15) is 4.39 Å². The molecule has 1 aliphatic carbocycles. The Balaban J connectivity index is 2.00. The van der Waals surface area contributed by atoms with Gasteiger partial charge in [0, 0.05) is 0 Å². The Morgan fingerprint density at radius 1 is 1.16 bits per heavy atom. The van der Waals surface area contributed by atoms with Crippen LogP contribution in [0.5, 0.6) is 0 Å². The Bertz CT molecular complexity index is 561. The van der Waals surface area contributed by atoms with Crippen molar-refractivity contribution in [3.63, 3.8) is 0 Å². The fourth-order valence-electron chi connectivity index (χ4n) is 4.54. The van der Waals surface area contributed by atoms with E-state index in [-0.39, 0.29) is 5.82 Å².